The molecule has 0 radical (unpaired) electrons. The Morgan fingerprint density at radius 3 is 2.68 bits per heavy atom. The summed E-state index contributed by atoms with van der Waals surface area (Å²) in [6.07, 6.45) is 1.53. The quantitative estimate of drug-likeness (QED) is 0.881. The average Bonchev–Trinajstić information content (AvgIpc) is 2.37. The molecule has 2 N–H and O–H groups in total. The molecule has 1 aliphatic carbocycles. The molecule has 0 saturated heterocycles. The highest BCUT2D eigenvalue weighted by atomic mass is 16.3. The van der Waals surface area contributed by atoms with Crippen LogP contribution in [0.1, 0.15) is 18.4 Å². The number of fused-ring (bicyclic) bond motifs is 1. The largest absolute Gasteiger partial charge is 0.393 e. The Bertz CT molecular complexity index is 597. The number of nitrogens with one attached hydrogen (secondary N) is 1. The molecule has 3 nitrogen and oxygen atoms in total. The van der Waals surface area contributed by atoms with E-state index in [0.29, 0.717) is 19.3 Å². The molecule has 0 heterocycles. The van der Waals surface area contributed by atoms with Crippen LogP contribution in [0, 0.1) is 0 Å². The molecule has 3 rings (SSSR count). The van der Waals surface area contributed by atoms with Crippen molar-refractivity contribution in [2.75, 3.05) is 0 Å². The predicted octanol–water partition coefficient (Wildman–Crippen LogP) is 2.02. The van der Waals surface area contributed by atoms with Gasteiger partial charge in [-0.05, 0) is 29.2 Å². The van der Waals surface area contributed by atoms with Gasteiger partial charge < -0.3 is 10.4 Å². The summed E-state index contributed by atoms with van der Waals surface area (Å²) in [4.78, 5) is 12.0. The smallest absolute Gasteiger partial charge is 0.224 e. The molecule has 0 unspecified atom stereocenters. The van der Waals surface area contributed by atoms with Gasteiger partial charge in [-0.1, -0.05) is 42.5 Å². The molecule has 98 valence electrons. The van der Waals surface area contributed by atoms with E-state index in [4.69, 9.17) is 0 Å². The minimum Gasteiger partial charge on any atom is -0.393 e. The van der Waals surface area contributed by atoms with Crippen molar-refractivity contribution in [3.05, 3.63) is 48.0 Å². The molecule has 0 atom stereocenters. The number of aliphatic hydroxyl groups excluding tert-OH is 1. The van der Waals surface area contributed by atoms with Crippen LogP contribution in [0.25, 0.3) is 10.8 Å². The molecule has 0 aliphatic heterocycles. The number of benzene rings is 2. The molecular formula is C16H17NO2. The maximum absolute atomic E-state index is 12.0. The summed E-state index contributed by atoms with van der Waals surface area (Å²) in [6, 6.07) is 14.3. The third-order valence-electron chi connectivity index (χ3n) is 3.71. The first-order valence-electron chi connectivity index (χ1n) is 6.66. The highest BCUT2D eigenvalue weighted by Crippen LogP contribution is 2.21. The second kappa shape index (κ2) is 5.02. The predicted molar refractivity (Wildman–Crippen MR) is 74.8 cm³/mol. The van der Waals surface area contributed by atoms with Crippen molar-refractivity contribution >= 4 is 16.7 Å². The Labute approximate surface area is 112 Å². The van der Waals surface area contributed by atoms with Crippen molar-refractivity contribution in [1.29, 1.82) is 0 Å². The van der Waals surface area contributed by atoms with Gasteiger partial charge in [-0.3, -0.25) is 4.79 Å². The van der Waals surface area contributed by atoms with Gasteiger partial charge in [-0.2, -0.15) is 0 Å². The molecule has 3 heteroatoms. The van der Waals surface area contributed by atoms with Crippen LogP contribution in [0.5, 0.6) is 0 Å². The Balaban J connectivity index is 1.72. The maximum atomic E-state index is 12.0. The highest BCUT2D eigenvalue weighted by Gasteiger charge is 2.28. The van der Waals surface area contributed by atoms with Gasteiger partial charge >= 0.3 is 0 Å². The van der Waals surface area contributed by atoms with Crippen LogP contribution in [0.15, 0.2) is 42.5 Å². The van der Waals surface area contributed by atoms with Crippen molar-refractivity contribution < 1.29 is 9.90 Å². The molecule has 2 aromatic rings. The molecule has 1 saturated carbocycles. The SMILES string of the molecule is O=C(Cc1cccc2ccccc12)NC1CC(O)C1. The molecule has 1 aliphatic rings. The van der Waals surface area contributed by atoms with E-state index in [9.17, 15) is 9.90 Å². The molecule has 1 fully saturated rings. The normalized spacial score (nSPS) is 21.9. The number of aliphatic hydroxyl groups is 1. The molecule has 0 bridgehead atoms. The maximum Gasteiger partial charge on any atom is 0.224 e. The first-order valence-corrected chi connectivity index (χ1v) is 6.66. The van der Waals surface area contributed by atoms with Crippen LogP contribution in [-0.2, 0) is 11.2 Å². The fraction of sp³-hybridized carbons (Fsp3) is 0.312. The average molecular weight is 255 g/mol. The zero-order chi connectivity index (χ0) is 13.2. The summed E-state index contributed by atoms with van der Waals surface area (Å²) in [5.41, 5.74) is 1.05. The topological polar surface area (TPSA) is 49.3 Å². The third-order valence-corrected chi connectivity index (χ3v) is 3.71. The second-order valence-corrected chi connectivity index (χ2v) is 5.20. The zero-order valence-electron chi connectivity index (χ0n) is 10.7. The van der Waals surface area contributed by atoms with E-state index in [1.165, 1.54) is 0 Å². The van der Waals surface area contributed by atoms with Crippen molar-refractivity contribution in [2.24, 2.45) is 0 Å². The van der Waals surface area contributed by atoms with Gasteiger partial charge in [0.15, 0.2) is 0 Å². The van der Waals surface area contributed by atoms with Gasteiger partial charge in [-0.15, -0.1) is 0 Å². The minimum absolute atomic E-state index is 0.0354. The number of hydrogen-bond donors (Lipinski definition) is 2. The summed E-state index contributed by atoms with van der Waals surface area (Å²) in [6.45, 7) is 0. The standard InChI is InChI=1S/C16H17NO2/c18-14-9-13(10-14)17-16(19)8-12-6-3-5-11-4-1-2-7-15(11)12/h1-7,13-14,18H,8-10H2,(H,17,19). The van der Waals surface area contributed by atoms with Crippen LogP contribution in [0.3, 0.4) is 0 Å². The second-order valence-electron chi connectivity index (χ2n) is 5.20. The summed E-state index contributed by atoms with van der Waals surface area (Å²) in [5, 5.41) is 14.5. The molecule has 1 amide bonds. The van der Waals surface area contributed by atoms with E-state index < -0.39 is 0 Å². The lowest BCUT2D eigenvalue weighted by atomic mass is 9.89. The highest BCUT2D eigenvalue weighted by molar-refractivity contribution is 5.90. The fourth-order valence-corrected chi connectivity index (χ4v) is 2.60. The molecule has 0 aromatic heterocycles. The minimum atomic E-state index is -0.233. The first kappa shape index (κ1) is 12.2. The lowest BCUT2D eigenvalue weighted by Gasteiger charge is -2.32. The van der Waals surface area contributed by atoms with Gasteiger partial charge in [0.2, 0.25) is 5.91 Å². The Morgan fingerprint density at radius 2 is 1.89 bits per heavy atom. The lowest BCUT2D eigenvalue weighted by Crippen LogP contribution is -2.47. The van der Waals surface area contributed by atoms with E-state index in [0.717, 1.165) is 16.3 Å². The van der Waals surface area contributed by atoms with Crippen LogP contribution in [0.2, 0.25) is 0 Å². The van der Waals surface area contributed by atoms with E-state index in [1.807, 2.05) is 30.3 Å². The molecular weight excluding hydrogens is 238 g/mol. The van der Waals surface area contributed by atoms with E-state index in [2.05, 4.69) is 17.4 Å². The summed E-state index contributed by atoms with van der Waals surface area (Å²) in [5.74, 6) is 0.0354. The van der Waals surface area contributed by atoms with Gasteiger partial charge in [-0.25, -0.2) is 0 Å². The summed E-state index contributed by atoms with van der Waals surface area (Å²) < 4.78 is 0. The van der Waals surface area contributed by atoms with Gasteiger partial charge in [0.1, 0.15) is 0 Å². The van der Waals surface area contributed by atoms with Crippen molar-refractivity contribution in [1.82, 2.24) is 5.32 Å². The number of carbonyl (C=O) groups is 1. The fourth-order valence-electron chi connectivity index (χ4n) is 2.60. The monoisotopic (exact) mass is 255 g/mol. The van der Waals surface area contributed by atoms with E-state index >= 15 is 0 Å². The Kier molecular flexibility index (Phi) is 3.22. The molecule has 2 aromatic carbocycles. The third kappa shape index (κ3) is 2.61. The van der Waals surface area contributed by atoms with Crippen LogP contribution in [-0.4, -0.2) is 23.2 Å². The number of amides is 1. The molecule has 0 spiro atoms. The summed E-state index contributed by atoms with van der Waals surface area (Å²) in [7, 11) is 0. The van der Waals surface area contributed by atoms with Crippen molar-refractivity contribution in [3.63, 3.8) is 0 Å². The van der Waals surface area contributed by atoms with Crippen LogP contribution < -0.4 is 5.32 Å². The zero-order valence-corrected chi connectivity index (χ0v) is 10.7. The number of carbonyl (C=O) groups excluding carboxylic acids is 1. The van der Waals surface area contributed by atoms with E-state index in [-0.39, 0.29) is 18.1 Å². The lowest BCUT2D eigenvalue weighted by molar-refractivity contribution is -0.122. The Morgan fingerprint density at radius 1 is 1.16 bits per heavy atom. The van der Waals surface area contributed by atoms with Gasteiger partial charge in [0.05, 0.1) is 12.5 Å². The Hall–Kier alpha value is -1.87. The summed E-state index contributed by atoms with van der Waals surface area (Å²) >= 11 is 0. The van der Waals surface area contributed by atoms with Gasteiger partial charge in [0.25, 0.3) is 0 Å². The van der Waals surface area contributed by atoms with Crippen LogP contribution >= 0.6 is 0 Å². The van der Waals surface area contributed by atoms with Crippen LogP contribution in [0.4, 0.5) is 0 Å². The number of hydrogen-bond acceptors (Lipinski definition) is 2. The molecule has 19 heavy (non-hydrogen) atoms. The number of rotatable bonds is 3. The van der Waals surface area contributed by atoms with Gasteiger partial charge in [0, 0.05) is 6.04 Å². The van der Waals surface area contributed by atoms with Crippen molar-refractivity contribution in [3.8, 4) is 0 Å². The van der Waals surface area contributed by atoms with E-state index in [1.54, 1.807) is 0 Å². The first-order chi connectivity index (χ1) is 9.22. The van der Waals surface area contributed by atoms with Crippen molar-refractivity contribution in [2.45, 2.75) is 31.4 Å².